The molecule has 7 nitrogen and oxygen atoms in total. The summed E-state index contributed by atoms with van der Waals surface area (Å²) in [7, 11) is 0. The summed E-state index contributed by atoms with van der Waals surface area (Å²) in [5.41, 5.74) is 0.543. The van der Waals surface area contributed by atoms with E-state index in [4.69, 9.17) is 0 Å². The Balaban J connectivity index is 1.47. The maximum atomic E-state index is 12.1. The fourth-order valence-corrected chi connectivity index (χ4v) is 2.90. The maximum absolute atomic E-state index is 12.1. The maximum Gasteiger partial charge on any atom is 0.251 e. The molecule has 1 saturated heterocycles. The Bertz CT molecular complexity index is 708. The Morgan fingerprint density at radius 3 is 2.76 bits per heavy atom. The summed E-state index contributed by atoms with van der Waals surface area (Å²) in [5, 5.41) is 13.6. The molecular formula is C18H21N5O2. The third-order valence-electron chi connectivity index (χ3n) is 4.11. The van der Waals surface area contributed by atoms with Crippen molar-refractivity contribution in [3.8, 4) is 0 Å². The van der Waals surface area contributed by atoms with Crippen molar-refractivity contribution >= 4 is 17.6 Å². The number of rotatable bonds is 5. The third kappa shape index (κ3) is 4.76. The Hall–Kier alpha value is -2.96. The number of carbonyl (C=O) groups is 2. The predicted molar refractivity (Wildman–Crippen MR) is 94.2 cm³/mol. The molecule has 0 spiro atoms. The Morgan fingerprint density at radius 2 is 2.00 bits per heavy atom. The quantitative estimate of drug-likeness (QED) is 0.848. The second-order valence-corrected chi connectivity index (χ2v) is 5.98. The van der Waals surface area contributed by atoms with Crippen molar-refractivity contribution in [3.05, 3.63) is 54.2 Å². The first-order valence-electron chi connectivity index (χ1n) is 8.37. The van der Waals surface area contributed by atoms with Crippen LogP contribution >= 0.6 is 0 Å². The fourth-order valence-electron chi connectivity index (χ4n) is 2.90. The van der Waals surface area contributed by atoms with Crippen LogP contribution in [0.4, 0.5) is 5.82 Å². The zero-order valence-electron chi connectivity index (χ0n) is 13.9. The van der Waals surface area contributed by atoms with E-state index in [2.05, 4.69) is 25.7 Å². The Kier molecular flexibility index (Phi) is 5.56. The number of amides is 2. The zero-order chi connectivity index (χ0) is 17.5. The average molecular weight is 339 g/mol. The van der Waals surface area contributed by atoms with Crippen molar-refractivity contribution < 1.29 is 9.59 Å². The molecule has 2 heterocycles. The van der Waals surface area contributed by atoms with Crippen LogP contribution in [0, 0.1) is 0 Å². The summed E-state index contributed by atoms with van der Waals surface area (Å²) < 4.78 is 0. The highest BCUT2D eigenvalue weighted by Crippen LogP contribution is 2.16. The van der Waals surface area contributed by atoms with Gasteiger partial charge in [-0.3, -0.25) is 9.59 Å². The summed E-state index contributed by atoms with van der Waals surface area (Å²) in [6.45, 7) is 1.56. The van der Waals surface area contributed by atoms with Gasteiger partial charge in [-0.1, -0.05) is 18.2 Å². The number of hydrogen-bond acceptors (Lipinski definition) is 5. The predicted octanol–water partition coefficient (Wildman–Crippen LogP) is 0.992. The van der Waals surface area contributed by atoms with Gasteiger partial charge in [0.05, 0.1) is 6.54 Å². The van der Waals surface area contributed by atoms with Gasteiger partial charge in [-0.05, 0) is 37.1 Å². The van der Waals surface area contributed by atoms with Crippen LogP contribution in [0.3, 0.4) is 0 Å². The monoisotopic (exact) mass is 339 g/mol. The Morgan fingerprint density at radius 1 is 1.16 bits per heavy atom. The van der Waals surface area contributed by atoms with E-state index in [9.17, 15) is 9.59 Å². The van der Waals surface area contributed by atoms with Gasteiger partial charge >= 0.3 is 0 Å². The number of benzene rings is 1. The van der Waals surface area contributed by atoms with E-state index >= 15 is 0 Å². The summed E-state index contributed by atoms with van der Waals surface area (Å²) in [6.07, 6.45) is 3.52. The number of nitrogens with zero attached hydrogens (tertiary/aromatic N) is 3. The molecule has 1 aromatic heterocycles. The highest BCUT2D eigenvalue weighted by atomic mass is 16.2. The minimum Gasteiger partial charge on any atom is -0.353 e. The zero-order valence-corrected chi connectivity index (χ0v) is 13.9. The molecule has 3 rings (SSSR count). The van der Waals surface area contributed by atoms with Gasteiger partial charge in [-0.15, -0.1) is 5.10 Å². The molecule has 1 atom stereocenters. The molecule has 1 fully saturated rings. The molecule has 1 aromatic carbocycles. The van der Waals surface area contributed by atoms with E-state index in [-0.39, 0.29) is 24.4 Å². The first kappa shape index (κ1) is 16.9. The molecule has 7 heteroatoms. The highest BCUT2D eigenvalue weighted by Gasteiger charge is 2.22. The minimum absolute atomic E-state index is 0.0324. The van der Waals surface area contributed by atoms with Crippen LogP contribution in [0.2, 0.25) is 0 Å². The van der Waals surface area contributed by atoms with E-state index < -0.39 is 0 Å². The molecule has 2 N–H and O–H groups in total. The molecule has 0 radical (unpaired) electrons. The van der Waals surface area contributed by atoms with Gasteiger partial charge < -0.3 is 15.5 Å². The lowest BCUT2D eigenvalue weighted by Gasteiger charge is -2.33. The number of carbonyl (C=O) groups excluding carboxylic acids is 2. The first-order chi connectivity index (χ1) is 12.2. The molecule has 25 heavy (non-hydrogen) atoms. The number of hydrogen-bond donors (Lipinski definition) is 2. The van der Waals surface area contributed by atoms with Crippen LogP contribution in [0.5, 0.6) is 0 Å². The lowest BCUT2D eigenvalue weighted by molar-refractivity contribution is -0.120. The van der Waals surface area contributed by atoms with Gasteiger partial charge in [-0.25, -0.2) is 0 Å². The topological polar surface area (TPSA) is 87.2 Å². The van der Waals surface area contributed by atoms with E-state index in [1.165, 1.54) is 0 Å². The van der Waals surface area contributed by atoms with Gasteiger partial charge in [0.1, 0.15) is 0 Å². The lowest BCUT2D eigenvalue weighted by Crippen LogP contribution is -2.50. The minimum atomic E-state index is -0.249. The standard InChI is InChI=1S/C18H21N5O2/c24-17(12-19-18(25)14-6-2-1-3-7-14)21-15-8-5-11-23(13-15)16-9-4-10-20-22-16/h1-4,6-7,9-10,15H,5,8,11-13H2,(H,19,25)(H,21,24)/t15-/m0/s1. The van der Waals surface area contributed by atoms with Crippen molar-refractivity contribution in [3.63, 3.8) is 0 Å². The molecule has 0 saturated carbocycles. The molecule has 2 aromatic rings. The number of aromatic nitrogens is 2. The van der Waals surface area contributed by atoms with Gasteiger partial charge in [0.2, 0.25) is 5.91 Å². The first-order valence-corrected chi connectivity index (χ1v) is 8.37. The van der Waals surface area contributed by atoms with E-state index in [1.54, 1.807) is 30.5 Å². The lowest BCUT2D eigenvalue weighted by atomic mass is 10.1. The number of nitrogens with one attached hydrogen (secondary N) is 2. The van der Waals surface area contributed by atoms with Crippen LogP contribution in [0.1, 0.15) is 23.2 Å². The molecule has 130 valence electrons. The van der Waals surface area contributed by atoms with Gasteiger partial charge in [0.25, 0.3) is 5.91 Å². The van der Waals surface area contributed by atoms with Crippen molar-refractivity contribution in [1.29, 1.82) is 0 Å². The molecule has 2 amide bonds. The van der Waals surface area contributed by atoms with Gasteiger partial charge in [0.15, 0.2) is 5.82 Å². The van der Waals surface area contributed by atoms with Crippen LogP contribution in [-0.4, -0.2) is 47.7 Å². The second kappa shape index (κ2) is 8.23. The van der Waals surface area contributed by atoms with E-state index in [0.29, 0.717) is 12.1 Å². The van der Waals surface area contributed by atoms with E-state index in [1.807, 2.05) is 18.2 Å². The van der Waals surface area contributed by atoms with Crippen molar-refractivity contribution in [2.24, 2.45) is 0 Å². The summed E-state index contributed by atoms with van der Waals surface area (Å²) in [4.78, 5) is 26.2. The van der Waals surface area contributed by atoms with Crippen LogP contribution < -0.4 is 15.5 Å². The molecule has 0 unspecified atom stereocenters. The normalized spacial score (nSPS) is 17.0. The van der Waals surface area contributed by atoms with Crippen molar-refractivity contribution in [2.75, 3.05) is 24.5 Å². The Labute approximate surface area is 146 Å². The smallest absolute Gasteiger partial charge is 0.251 e. The van der Waals surface area contributed by atoms with Crippen LogP contribution in [-0.2, 0) is 4.79 Å². The SMILES string of the molecule is O=C(CNC(=O)c1ccccc1)N[C@H]1CCCN(c2cccnn2)C1. The van der Waals surface area contributed by atoms with Crippen molar-refractivity contribution in [2.45, 2.75) is 18.9 Å². The van der Waals surface area contributed by atoms with Crippen LogP contribution in [0.25, 0.3) is 0 Å². The van der Waals surface area contributed by atoms with Gasteiger partial charge in [0, 0.05) is 30.9 Å². The molecule has 0 bridgehead atoms. The molecule has 1 aliphatic rings. The van der Waals surface area contributed by atoms with Gasteiger partial charge in [-0.2, -0.15) is 5.10 Å². The molecule has 1 aliphatic heterocycles. The summed E-state index contributed by atoms with van der Waals surface area (Å²) >= 11 is 0. The van der Waals surface area contributed by atoms with E-state index in [0.717, 1.165) is 25.2 Å². The summed E-state index contributed by atoms with van der Waals surface area (Å²) in [6, 6.07) is 12.7. The largest absolute Gasteiger partial charge is 0.353 e. The second-order valence-electron chi connectivity index (χ2n) is 5.98. The van der Waals surface area contributed by atoms with Crippen LogP contribution in [0.15, 0.2) is 48.7 Å². The van der Waals surface area contributed by atoms with Crippen molar-refractivity contribution in [1.82, 2.24) is 20.8 Å². The highest BCUT2D eigenvalue weighted by molar-refractivity contribution is 5.96. The summed E-state index contributed by atoms with van der Waals surface area (Å²) in [5.74, 6) is 0.384. The molecular weight excluding hydrogens is 318 g/mol. The molecule has 0 aliphatic carbocycles. The average Bonchev–Trinajstić information content (AvgIpc) is 2.68. The number of piperidine rings is 1. The number of anilines is 1. The third-order valence-corrected chi connectivity index (χ3v) is 4.11. The fraction of sp³-hybridized carbons (Fsp3) is 0.333.